The van der Waals surface area contributed by atoms with Gasteiger partial charge in [-0.15, -0.1) is 0 Å². The first-order chi connectivity index (χ1) is 9.60. The van der Waals surface area contributed by atoms with Crippen molar-refractivity contribution in [2.75, 3.05) is 6.54 Å². The van der Waals surface area contributed by atoms with Crippen LogP contribution in [0.4, 0.5) is 0 Å². The summed E-state index contributed by atoms with van der Waals surface area (Å²) < 4.78 is 3.24. The molecule has 0 amide bonds. The maximum Gasteiger partial charge on any atom is 0.108 e. The normalized spacial score (nSPS) is 12.6. The van der Waals surface area contributed by atoms with Gasteiger partial charge in [-0.1, -0.05) is 28.9 Å². The van der Waals surface area contributed by atoms with Gasteiger partial charge in [-0.05, 0) is 43.1 Å². The van der Waals surface area contributed by atoms with E-state index in [9.17, 15) is 0 Å². The van der Waals surface area contributed by atoms with Crippen LogP contribution in [0, 0.1) is 6.92 Å². The van der Waals surface area contributed by atoms with Crippen molar-refractivity contribution in [2.24, 2.45) is 7.05 Å². The Morgan fingerprint density at radius 1 is 1.35 bits per heavy atom. The maximum absolute atomic E-state index is 4.40. The molecule has 2 aromatic rings. The second-order valence-electron chi connectivity index (χ2n) is 5.17. The summed E-state index contributed by atoms with van der Waals surface area (Å²) in [6.45, 7) is 5.26. The van der Waals surface area contributed by atoms with Crippen molar-refractivity contribution in [3.63, 3.8) is 0 Å². The number of nitrogens with zero attached hydrogens (tertiary/aromatic N) is 2. The predicted molar refractivity (Wildman–Crippen MR) is 86.8 cm³/mol. The number of rotatable bonds is 6. The number of imidazole rings is 1. The Hall–Kier alpha value is -1.13. The van der Waals surface area contributed by atoms with Gasteiger partial charge in [0.25, 0.3) is 0 Å². The lowest BCUT2D eigenvalue weighted by Gasteiger charge is -2.19. The minimum Gasteiger partial charge on any atom is -0.338 e. The van der Waals surface area contributed by atoms with Crippen molar-refractivity contribution in [3.8, 4) is 0 Å². The first-order valence-corrected chi connectivity index (χ1v) is 7.86. The van der Waals surface area contributed by atoms with Gasteiger partial charge in [0.2, 0.25) is 0 Å². The molecule has 0 spiro atoms. The van der Waals surface area contributed by atoms with Crippen molar-refractivity contribution < 1.29 is 0 Å². The van der Waals surface area contributed by atoms with Gasteiger partial charge in [-0.25, -0.2) is 4.98 Å². The maximum atomic E-state index is 4.40. The Kier molecular flexibility index (Phi) is 5.38. The van der Waals surface area contributed by atoms with Crippen molar-refractivity contribution in [1.82, 2.24) is 14.9 Å². The van der Waals surface area contributed by atoms with Gasteiger partial charge in [0.05, 0.1) is 0 Å². The highest BCUT2D eigenvalue weighted by molar-refractivity contribution is 9.10. The van der Waals surface area contributed by atoms with Crippen molar-refractivity contribution >= 4 is 15.9 Å². The van der Waals surface area contributed by atoms with Gasteiger partial charge in [0.1, 0.15) is 5.82 Å². The van der Waals surface area contributed by atoms with Crippen LogP contribution in [0.25, 0.3) is 0 Å². The average molecular weight is 336 g/mol. The molecule has 0 radical (unpaired) electrons. The minimum atomic E-state index is 0.368. The molecular weight excluding hydrogens is 314 g/mol. The molecule has 0 saturated carbocycles. The standard InChI is InChI=1S/C16H22BrN3/c1-4-18-15(5-6-16-19-7-8-20(16)3)13-9-12(2)10-14(17)11-13/h7-11,15,18H,4-6H2,1-3H3. The number of aromatic nitrogens is 2. The summed E-state index contributed by atoms with van der Waals surface area (Å²) in [5.41, 5.74) is 2.63. The third-order valence-corrected chi connectivity index (χ3v) is 3.95. The summed E-state index contributed by atoms with van der Waals surface area (Å²) in [4.78, 5) is 4.40. The third kappa shape index (κ3) is 3.93. The number of hydrogen-bond donors (Lipinski definition) is 1. The third-order valence-electron chi connectivity index (χ3n) is 3.49. The monoisotopic (exact) mass is 335 g/mol. The zero-order valence-corrected chi connectivity index (χ0v) is 13.9. The number of benzene rings is 1. The molecule has 1 N–H and O–H groups in total. The predicted octanol–water partition coefficient (Wildman–Crippen LogP) is 3.77. The molecular formula is C16H22BrN3. The minimum absolute atomic E-state index is 0.368. The van der Waals surface area contributed by atoms with Gasteiger partial charge >= 0.3 is 0 Å². The van der Waals surface area contributed by atoms with E-state index in [2.05, 4.69) is 62.8 Å². The Bertz CT molecular complexity index is 542. The van der Waals surface area contributed by atoms with Crippen molar-refractivity contribution in [1.29, 1.82) is 0 Å². The number of halogens is 1. The summed E-state index contributed by atoms with van der Waals surface area (Å²) in [5, 5.41) is 3.58. The molecule has 3 nitrogen and oxygen atoms in total. The molecule has 1 aromatic heterocycles. The van der Waals surface area contributed by atoms with Crippen LogP contribution in [0.3, 0.4) is 0 Å². The van der Waals surface area contributed by atoms with E-state index < -0.39 is 0 Å². The Balaban J connectivity index is 2.12. The summed E-state index contributed by atoms with van der Waals surface area (Å²) in [5.74, 6) is 1.14. The van der Waals surface area contributed by atoms with Crippen LogP contribution >= 0.6 is 15.9 Å². The number of aryl methyl sites for hydroxylation is 3. The smallest absolute Gasteiger partial charge is 0.108 e. The second-order valence-corrected chi connectivity index (χ2v) is 6.08. The Labute approximate surface area is 129 Å². The molecule has 20 heavy (non-hydrogen) atoms. The molecule has 0 aliphatic heterocycles. The molecule has 0 bridgehead atoms. The van der Waals surface area contributed by atoms with Crippen LogP contribution in [0.1, 0.15) is 36.3 Å². The molecule has 1 unspecified atom stereocenters. The van der Waals surface area contributed by atoms with E-state index in [1.165, 1.54) is 11.1 Å². The molecule has 2 rings (SSSR count). The van der Waals surface area contributed by atoms with Crippen LogP contribution in [0.15, 0.2) is 35.1 Å². The van der Waals surface area contributed by atoms with E-state index in [0.717, 1.165) is 29.7 Å². The van der Waals surface area contributed by atoms with Crippen LogP contribution in [0.2, 0.25) is 0 Å². The van der Waals surface area contributed by atoms with Gasteiger partial charge in [-0.3, -0.25) is 0 Å². The first-order valence-electron chi connectivity index (χ1n) is 7.07. The van der Waals surface area contributed by atoms with E-state index >= 15 is 0 Å². The van der Waals surface area contributed by atoms with E-state index in [0.29, 0.717) is 6.04 Å². The van der Waals surface area contributed by atoms with E-state index in [-0.39, 0.29) is 0 Å². The topological polar surface area (TPSA) is 29.9 Å². The van der Waals surface area contributed by atoms with Crippen molar-refractivity contribution in [2.45, 2.75) is 32.7 Å². The summed E-state index contributed by atoms with van der Waals surface area (Å²) in [7, 11) is 2.05. The fraction of sp³-hybridized carbons (Fsp3) is 0.438. The second kappa shape index (κ2) is 7.04. The molecule has 4 heteroatoms. The van der Waals surface area contributed by atoms with Crippen LogP contribution < -0.4 is 5.32 Å². The lowest BCUT2D eigenvalue weighted by Crippen LogP contribution is -2.22. The highest BCUT2D eigenvalue weighted by Gasteiger charge is 2.12. The van der Waals surface area contributed by atoms with E-state index in [1.807, 2.05) is 19.4 Å². The van der Waals surface area contributed by atoms with Gasteiger partial charge in [0.15, 0.2) is 0 Å². The summed E-state index contributed by atoms with van der Waals surface area (Å²) in [6, 6.07) is 6.98. The summed E-state index contributed by atoms with van der Waals surface area (Å²) >= 11 is 3.59. The fourth-order valence-electron chi connectivity index (χ4n) is 2.51. The number of nitrogens with one attached hydrogen (secondary N) is 1. The van der Waals surface area contributed by atoms with Gasteiger partial charge in [0, 0.05) is 36.4 Å². The summed E-state index contributed by atoms with van der Waals surface area (Å²) in [6.07, 6.45) is 5.89. The molecule has 0 aliphatic rings. The fourth-order valence-corrected chi connectivity index (χ4v) is 3.14. The van der Waals surface area contributed by atoms with Crippen molar-refractivity contribution in [3.05, 3.63) is 52.0 Å². The Morgan fingerprint density at radius 2 is 2.15 bits per heavy atom. The molecule has 0 aliphatic carbocycles. The molecule has 0 fully saturated rings. The largest absolute Gasteiger partial charge is 0.338 e. The van der Waals surface area contributed by atoms with Gasteiger partial charge < -0.3 is 9.88 Å². The molecule has 1 atom stereocenters. The molecule has 0 saturated heterocycles. The Morgan fingerprint density at radius 3 is 2.75 bits per heavy atom. The highest BCUT2D eigenvalue weighted by atomic mass is 79.9. The molecule has 108 valence electrons. The number of hydrogen-bond acceptors (Lipinski definition) is 2. The zero-order valence-electron chi connectivity index (χ0n) is 12.4. The van der Waals surface area contributed by atoms with Gasteiger partial charge in [-0.2, -0.15) is 0 Å². The van der Waals surface area contributed by atoms with E-state index in [1.54, 1.807) is 0 Å². The zero-order chi connectivity index (χ0) is 14.5. The van der Waals surface area contributed by atoms with Crippen LogP contribution in [-0.4, -0.2) is 16.1 Å². The quantitative estimate of drug-likeness (QED) is 0.870. The first kappa shape index (κ1) is 15.3. The van der Waals surface area contributed by atoms with E-state index in [4.69, 9.17) is 0 Å². The molecule has 1 aromatic carbocycles. The van der Waals surface area contributed by atoms with Crippen LogP contribution in [-0.2, 0) is 13.5 Å². The average Bonchev–Trinajstić information content (AvgIpc) is 2.79. The lowest BCUT2D eigenvalue weighted by molar-refractivity contribution is 0.505. The molecule has 1 heterocycles. The van der Waals surface area contributed by atoms with Crippen LogP contribution in [0.5, 0.6) is 0 Å². The highest BCUT2D eigenvalue weighted by Crippen LogP contribution is 2.24. The lowest BCUT2D eigenvalue weighted by atomic mass is 10.00. The SMILES string of the molecule is CCNC(CCc1nccn1C)c1cc(C)cc(Br)c1.